The molecule has 0 bridgehead atoms. The number of rotatable bonds is 2. The molecule has 0 spiro atoms. The third-order valence-electron chi connectivity index (χ3n) is 3.36. The zero-order valence-corrected chi connectivity index (χ0v) is 12.6. The second-order valence-electron chi connectivity index (χ2n) is 4.52. The van der Waals surface area contributed by atoms with Crippen molar-refractivity contribution in [3.63, 3.8) is 0 Å². The number of aromatic nitrogens is 1. The van der Waals surface area contributed by atoms with Gasteiger partial charge in [0.2, 0.25) is 0 Å². The highest BCUT2D eigenvalue weighted by Gasteiger charge is 2.27. The summed E-state index contributed by atoms with van der Waals surface area (Å²) in [6, 6.07) is 11.8. The molecule has 4 heteroatoms. The van der Waals surface area contributed by atoms with Gasteiger partial charge in [-0.1, -0.05) is 25.1 Å². The summed E-state index contributed by atoms with van der Waals surface area (Å²) < 4.78 is 2.85. The molecule has 20 heavy (non-hydrogen) atoms. The van der Waals surface area contributed by atoms with Crippen LogP contribution in [0.4, 0.5) is 5.69 Å². The molecule has 3 nitrogen and oxygen atoms in total. The van der Waals surface area contributed by atoms with Gasteiger partial charge in [0.05, 0.1) is 5.69 Å². The maximum Gasteiger partial charge on any atom is 0.157 e. The molecular weight excluding hydrogens is 316 g/mol. The van der Waals surface area contributed by atoms with Crippen LogP contribution in [0.15, 0.2) is 52.8 Å². The first-order chi connectivity index (χ1) is 9.76. The zero-order valence-electron chi connectivity index (χ0n) is 11.0. The standard InChI is InChI=1S/C16H13BrN2O/c1-2-12-10-18-9-8-14(17)16(18)15(11-20)19(12)13-6-4-3-5-7-13/h3-10H,2H2,1H3. The summed E-state index contributed by atoms with van der Waals surface area (Å²) in [6.45, 7) is 2.08. The number of fused-ring (bicyclic) bond motifs is 1. The van der Waals surface area contributed by atoms with Crippen molar-refractivity contribution in [3.05, 3.63) is 58.5 Å². The van der Waals surface area contributed by atoms with E-state index in [9.17, 15) is 4.79 Å². The van der Waals surface area contributed by atoms with Crippen molar-refractivity contribution in [2.45, 2.75) is 13.3 Å². The Bertz CT molecular complexity index is 724. The molecule has 1 aromatic carbocycles. The van der Waals surface area contributed by atoms with Crippen LogP contribution in [0.3, 0.4) is 0 Å². The molecule has 0 saturated heterocycles. The summed E-state index contributed by atoms with van der Waals surface area (Å²) >= 11 is 3.50. The van der Waals surface area contributed by atoms with E-state index < -0.39 is 0 Å². The Balaban J connectivity index is 2.24. The number of hydrogen-bond acceptors (Lipinski definition) is 2. The second kappa shape index (κ2) is 5.16. The van der Waals surface area contributed by atoms with E-state index in [4.69, 9.17) is 0 Å². The fourth-order valence-electron chi connectivity index (χ4n) is 2.45. The molecule has 2 aromatic rings. The highest BCUT2D eigenvalue weighted by Crippen LogP contribution is 2.37. The van der Waals surface area contributed by atoms with E-state index in [2.05, 4.69) is 28.8 Å². The van der Waals surface area contributed by atoms with Gasteiger partial charge in [0.1, 0.15) is 0 Å². The normalized spacial score (nSPS) is 13.8. The zero-order chi connectivity index (χ0) is 14.1. The van der Waals surface area contributed by atoms with Gasteiger partial charge in [-0.05, 0) is 40.5 Å². The molecule has 2 heterocycles. The molecule has 0 radical (unpaired) electrons. The van der Waals surface area contributed by atoms with Gasteiger partial charge in [0.25, 0.3) is 0 Å². The number of allylic oxidation sites excluding steroid dienone is 1. The number of nitrogens with zero attached hydrogens (tertiary/aromatic N) is 2. The molecule has 1 aliphatic rings. The maximum atomic E-state index is 11.6. The number of para-hydroxylation sites is 1. The first-order valence-corrected chi connectivity index (χ1v) is 7.23. The monoisotopic (exact) mass is 328 g/mol. The van der Waals surface area contributed by atoms with Gasteiger partial charge >= 0.3 is 0 Å². The van der Waals surface area contributed by atoms with Crippen LogP contribution >= 0.6 is 15.9 Å². The highest BCUT2D eigenvalue weighted by atomic mass is 79.9. The highest BCUT2D eigenvalue weighted by molar-refractivity contribution is 9.10. The van der Waals surface area contributed by atoms with Crippen LogP contribution in [0.1, 0.15) is 19.0 Å². The third kappa shape index (κ3) is 1.94. The van der Waals surface area contributed by atoms with Gasteiger partial charge in [-0.2, -0.15) is 0 Å². The van der Waals surface area contributed by atoms with Gasteiger partial charge in [-0.3, -0.25) is 0 Å². The van der Waals surface area contributed by atoms with Crippen molar-refractivity contribution < 1.29 is 4.79 Å². The molecule has 0 aliphatic carbocycles. The molecular formula is C16H13BrN2O. The summed E-state index contributed by atoms with van der Waals surface area (Å²) in [4.78, 5) is 13.5. The third-order valence-corrected chi connectivity index (χ3v) is 4.00. The Morgan fingerprint density at radius 2 is 1.95 bits per heavy atom. The molecule has 3 rings (SSSR count). The van der Waals surface area contributed by atoms with Gasteiger partial charge < -0.3 is 9.47 Å². The van der Waals surface area contributed by atoms with E-state index in [0.717, 1.165) is 28.0 Å². The van der Waals surface area contributed by atoms with E-state index in [-0.39, 0.29) is 0 Å². The molecule has 1 aromatic heterocycles. The minimum Gasteiger partial charge on any atom is -0.319 e. The van der Waals surface area contributed by atoms with Crippen LogP contribution in [0.5, 0.6) is 0 Å². The number of hydrogen-bond donors (Lipinski definition) is 0. The Hall–Kier alpha value is -2.03. The lowest BCUT2D eigenvalue weighted by Gasteiger charge is -2.31. The quantitative estimate of drug-likeness (QED) is 0.774. The summed E-state index contributed by atoms with van der Waals surface area (Å²) in [5, 5.41) is 0. The van der Waals surface area contributed by atoms with Crippen molar-refractivity contribution >= 4 is 39.5 Å². The molecule has 0 fully saturated rings. The van der Waals surface area contributed by atoms with Crippen LogP contribution < -0.4 is 4.90 Å². The number of halogens is 1. The molecule has 0 N–H and O–H groups in total. The van der Waals surface area contributed by atoms with E-state index in [1.165, 1.54) is 0 Å². The van der Waals surface area contributed by atoms with Gasteiger partial charge in [0.15, 0.2) is 11.6 Å². The number of anilines is 1. The summed E-state index contributed by atoms with van der Waals surface area (Å²) in [7, 11) is 0. The first-order valence-electron chi connectivity index (χ1n) is 6.44. The minimum absolute atomic E-state index is 0.535. The molecule has 0 unspecified atom stereocenters. The summed E-state index contributed by atoms with van der Waals surface area (Å²) in [5.74, 6) is 2.10. The van der Waals surface area contributed by atoms with E-state index in [1.54, 1.807) is 0 Å². The average molecular weight is 329 g/mol. The van der Waals surface area contributed by atoms with Gasteiger partial charge in [-0.15, -0.1) is 0 Å². The van der Waals surface area contributed by atoms with Crippen molar-refractivity contribution in [2.24, 2.45) is 0 Å². The van der Waals surface area contributed by atoms with Gasteiger partial charge in [-0.25, -0.2) is 4.79 Å². The van der Waals surface area contributed by atoms with Crippen molar-refractivity contribution in [1.29, 1.82) is 0 Å². The molecule has 100 valence electrons. The predicted octanol–water partition coefficient (Wildman–Crippen LogP) is 4.15. The van der Waals surface area contributed by atoms with Crippen LogP contribution in [-0.4, -0.2) is 10.5 Å². The predicted molar refractivity (Wildman–Crippen MR) is 84.7 cm³/mol. The molecule has 0 amide bonds. The van der Waals surface area contributed by atoms with Gasteiger partial charge in [0, 0.05) is 28.3 Å². The summed E-state index contributed by atoms with van der Waals surface area (Å²) in [6.07, 6.45) is 4.82. The maximum absolute atomic E-state index is 11.6. The van der Waals surface area contributed by atoms with Crippen LogP contribution in [0.25, 0.3) is 11.9 Å². The molecule has 0 saturated carbocycles. The fourth-order valence-corrected chi connectivity index (χ4v) is 2.96. The van der Waals surface area contributed by atoms with Crippen LogP contribution in [-0.2, 0) is 4.79 Å². The lowest BCUT2D eigenvalue weighted by atomic mass is 10.1. The largest absolute Gasteiger partial charge is 0.319 e. The molecule has 1 aliphatic heterocycles. The molecule has 0 atom stereocenters. The van der Waals surface area contributed by atoms with Crippen LogP contribution in [0, 0.1) is 0 Å². The average Bonchev–Trinajstić information content (AvgIpc) is 2.87. The van der Waals surface area contributed by atoms with Crippen LogP contribution in [0.2, 0.25) is 0 Å². The lowest BCUT2D eigenvalue weighted by molar-refractivity contribution is 0.569. The second-order valence-corrected chi connectivity index (χ2v) is 5.37. The Morgan fingerprint density at radius 1 is 1.20 bits per heavy atom. The topological polar surface area (TPSA) is 25.2 Å². The number of benzene rings is 1. The van der Waals surface area contributed by atoms with E-state index in [0.29, 0.717) is 5.70 Å². The Labute approximate surface area is 126 Å². The summed E-state index contributed by atoms with van der Waals surface area (Å²) in [5.41, 5.74) is 3.40. The van der Waals surface area contributed by atoms with Crippen molar-refractivity contribution in [1.82, 2.24) is 4.57 Å². The van der Waals surface area contributed by atoms with E-state index in [1.807, 2.05) is 58.3 Å². The lowest BCUT2D eigenvalue weighted by Crippen LogP contribution is -2.26. The van der Waals surface area contributed by atoms with Crippen molar-refractivity contribution in [3.8, 4) is 0 Å². The SMILES string of the molecule is CCC1=Cn2ccc(Br)c2C(=C=O)N1c1ccccc1. The smallest absolute Gasteiger partial charge is 0.157 e. The first kappa shape index (κ1) is 13.0. The Morgan fingerprint density at radius 3 is 2.60 bits per heavy atom. The minimum atomic E-state index is 0.535. The number of carbonyl (C=O) groups excluding carboxylic acids is 1. The Kier molecular flexibility index (Phi) is 3.35. The van der Waals surface area contributed by atoms with Crippen molar-refractivity contribution in [2.75, 3.05) is 4.90 Å². The van der Waals surface area contributed by atoms with E-state index >= 15 is 0 Å². The fraction of sp³-hybridized carbons (Fsp3) is 0.125.